The van der Waals surface area contributed by atoms with Crippen LogP contribution in [0.2, 0.25) is 0 Å². The Kier molecular flexibility index (Phi) is 3.18. The topological polar surface area (TPSA) is 68.0 Å². The van der Waals surface area contributed by atoms with E-state index in [1.54, 1.807) is 0 Å². The van der Waals surface area contributed by atoms with Gasteiger partial charge in [0, 0.05) is 6.20 Å². The number of nitrogens with two attached hydrogens (primary N) is 1. The number of hydrogen-bond donors (Lipinski definition) is 2. The first-order valence-corrected chi connectivity index (χ1v) is 5.04. The molecule has 0 spiro atoms. The monoisotopic (exact) mass is 249 g/mol. The van der Waals surface area contributed by atoms with Gasteiger partial charge in [0.25, 0.3) is 5.91 Å². The molecule has 0 atom stereocenters. The molecular weight excluding hydrogens is 240 g/mol. The van der Waals surface area contributed by atoms with Gasteiger partial charge in [0.1, 0.15) is 5.82 Å². The summed E-state index contributed by atoms with van der Waals surface area (Å²) in [4.78, 5) is 15.3. The van der Waals surface area contributed by atoms with E-state index in [9.17, 15) is 13.6 Å². The molecule has 0 unspecified atom stereocenters. The summed E-state index contributed by atoms with van der Waals surface area (Å²) in [5.74, 6) is -2.06. The van der Waals surface area contributed by atoms with E-state index >= 15 is 0 Å². The van der Waals surface area contributed by atoms with Gasteiger partial charge in [-0.1, -0.05) is 6.07 Å². The van der Waals surface area contributed by atoms with E-state index in [1.165, 1.54) is 24.4 Å². The van der Waals surface area contributed by atoms with E-state index in [4.69, 9.17) is 5.73 Å². The minimum absolute atomic E-state index is 0.0429. The van der Waals surface area contributed by atoms with Gasteiger partial charge in [-0.3, -0.25) is 9.78 Å². The second kappa shape index (κ2) is 4.79. The van der Waals surface area contributed by atoms with Crippen LogP contribution in [0.25, 0.3) is 0 Å². The number of anilines is 2. The number of aromatic nitrogens is 1. The molecule has 1 heterocycles. The van der Waals surface area contributed by atoms with Crippen LogP contribution in [0, 0.1) is 11.6 Å². The van der Waals surface area contributed by atoms with Gasteiger partial charge in [-0.05, 0) is 18.2 Å². The first kappa shape index (κ1) is 12.0. The first-order chi connectivity index (χ1) is 8.59. The number of nitrogens with zero attached hydrogens (tertiary/aromatic N) is 1. The van der Waals surface area contributed by atoms with Crippen LogP contribution in [-0.4, -0.2) is 10.9 Å². The zero-order valence-corrected chi connectivity index (χ0v) is 9.15. The molecule has 0 aliphatic heterocycles. The molecule has 0 aliphatic carbocycles. The fourth-order valence-electron chi connectivity index (χ4n) is 1.40. The summed E-state index contributed by atoms with van der Waals surface area (Å²) in [5, 5.41) is 2.29. The van der Waals surface area contributed by atoms with Crippen molar-refractivity contribution in [3.8, 4) is 0 Å². The van der Waals surface area contributed by atoms with Crippen LogP contribution in [0.15, 0.2) is 36.7 Å². The molecule has 0 radical (unpaired) electrons. The van der Waals surface area contributed by atoms with Crippen LogP contribution >= 0.6 is 0 Å². The molecule has 4 nitrogen and oxygen atoms in total. The highest BCUT2D eigenvalue weighted by atomic mass is 19.1. The van der Waals surface area contributed by atoms with Crippen LogP contribution in [0.4, 0.5) is 20.2 Å². The quantitative estimate of drug-likeness (QED) is 0.801. The Hall–Kier alpha value is -2.50. The summed E-state index contributed by atoms with van der Waals surface area (Å²) >= 11 is 0. The van der Waals surface area contributed by atoms with Crippen LogP contribution in [0.5, 0.6) is 0 Å². The van der Waals surface area contributed by atoms with Crippen molar-refractivity contribution in [2.24, 2.45) is 0 Å². The number of benzene rings is 1. The van der Waals surface area contributed by atoms with Crippen molar-refractivity contribution in [3.05, 3.63) is 53.9 Å². The Balaban J connectivity index is 2.28. The fourth-order valence-corrected chi connectivity index (χ4v) is 1.40. The van der Waals surface area contributed by atoms with Crippen molar-refractivity contribution >= 4 is 17.3 Å². The lowest BCUT2D eigenvalue weighted by Crippen LogP contribution is -2.15. The van der Waals surface area contributed by atoms with Gasteiger partial charge in [0.15, 0.2) is 5.82 Å². The normalized spacial score (nSPS) is 10.1. The predicted molar refractivity (Wildman–Crippen MR) is 63.0 cm³/mol. The third-order valence-corrected chi connectivity index (χ3v) is 2.32. The van der Waals surface area contributed by atoms with Gasteiger partial charge < -0.3 is 11.1 Å². The van der Waals surface area contributed by atoms with E-state index in [0.717, 1.165) is 12.3 Å². The van der Waals surface area contributed by atoms with E-state index in [1.807, 2.05) is 0 Å². The molecule has 0 bridgehead atoms. The van der Waals surface area contributed by atoms with Crippen molar-refractivity contribution in [2.45, 2.75) is 0 Å². The van der Waals surface area contributed by atoms with Crippen LogP contribution in [0.1, 0.15) is 10.4 Å². The maximum atomic E-state index is 13.3. The molecule has 18 heavy (non-hydrogen) atoms. The molecule has 0 saturated heterocycles. The molecule has 0 saturated carbocycles. The second-order valence-electron chi connectivity index (χ2n) is 3.51. The zero-order chi connectivity index (χ0) is 13.1. The number of carbonyl (C=O) groups excluding carboxylic acids is 1. The molecule has 6 heteroatoms. The van der Waals surface area contributed by atoms with E-state index in [0.29, 0.717) is 0 Å². The number of amides is 1. The molecule has 3 N–H and O–H groups in total. The number of hydrogen-bond acceptors (Lipinski definition) is 3. The largest absolute Gasteiger partial charge is 0.396 e. The molecule has 2 rings (SSSR count). The average Bonchev–Trinajstić information content (AvgIpc) is 2.35. The Bertz CT molecular complexity index is 602. The molecule has 0 aliphatic rings. The highest BCUT2D eigenvalue weighted by Gasteiger charge is 2.14. The second-order valence-corrected chi connectivity index (χ2v) is 3.51. The number of para-hydroxylation sites is 1. The van der Waals surface area contributed by atoms with E-state index in [2.05, 4.69) is 10.3 Å². The number of pyridine rings is 1. The Labute approximate surface area is 101 Å². The van der Waals surface area contributed by atoms with Crippen LogP contribution in [-0.2, 0) is 0 Å². The van der Waals surface area contributed by atoms with E-state index in [-0.39, 0.29) is 16.9 Å². The van der Waals surface area contributed by atoms with Crippen molar-refractivity contribution in [1.29, 1.82) is 0 Å². The fraction of sp³-hybridized carbons (Fsp3) is 0. The average molecular weight is 249 g/mol. The minimum Gasteiger partial charge on any atom is -0.396 e. The smallest absolute Gasteiger partial charge is 0.257 e. The number of rotatable bonds is 2. The van der Waals surface area contributed by atoms with Crippen molar-refractivity contribution in [2.75, 3.05) is 11.1 Å². The summed E-state index contributed by atoms with van der Waals surface area (Å²) in [6.07, 6.45) is 2.29. The summed E-state index contributed by atoms with van der Waals surface area (Å²) in [6, 6.07) is 5.14. The zero-order valence-electron chi connectivity index (χ0n) is 9.15. The van der Waals surface area contributed by atoms with Crippen molar-refractivity contribution in [3.63, 3.8) is 0 Å². The van der Waals surface area contributed by atoms with E-state index < -0.39 is 17.5 Å². The third kappa shape index (κ3) is 2.27. The number of nitrogens with one attached hydrogen (secondary N) is 1. The standard InChI is InChI=1S/C12H9F2N3O/c13-8-3-1-2-7(11(8)15)12(18)17-10-4-5-16-6-9(10)14/h1-6H,15H2,(H,16,17,18). The third-order valence-electron chi connectivity index (χ3n) is 2.32. The highest BCUT2D eigenvalue weighted by Crippen LogP contribution is 2.18. The Morgan fingerprint density at radius 2 is 2.00 bits per heavy atom. The summed E-state index contributed by atoms with van der Waals surface area (Å²) in [7, 11) is 0. The van der Waals surface area contributed by atoms with Gasteiger partial charge in [0.2, 0.25) is 0 Å². The number of halogens is 2. The van der Waals surface area contributed by atoms with Gasteiger partial charge in [0.05, 0.1) is 23.1 Å². The molecule has 1 aromatic carbocycles. The van der Waals surface area contributed by atoms with Gasteiger partial charge >= 0.3 is 0 Å². The maximum Gasteiger partial charge on any atom is 0.257 e. The Morgan fingerprint density at radius 3 is 2.72 bits per heavy atom. The van der Waals surface area contributed by atoms with Gasteiger partial charge in [-0.15, -0.1) is 0 Å². The molecular formula is C12H9F2N3O. The maximum absolute atomic E-state index is 13.3. The Morgan fingerprint density at radius 1 is 1.22 bits per heavy atom. The molecule has 1 amide bonds. The predicted octanol–water partition coefficient (Wildman–Crippen LogP) is 2.19. The van der Waals surface area contributed by atoms with Crippen LogP contribution < -0.4 is 11.1 Å². The van der Waals surface area contributed by atoms with Gasteiger partial charge in [-0.25, -0.2) is 8.78 Å². The summed E-state index contributed by atoms with van der Waals surface area (Å²) in [5.41, 5.74) is 5.07. The molecule has 0 fully saturated rings. The highest BCUT2D eigenvalue weighted by molar-refractivity contribution is 6.07. The summed E-state index contributed by atoms with van der Waals surface area (Å²) in [6.45, 7) is 0. The first-order valence-electron chi connectivity index (χ1n) is 5.04. The molecule has 1 aromatic heterocycles. The van der Waals surface area contributed by atoms with Crippen molar-refractivity contribution in [1.82, 2.24) is 4.98 Å². The lowest BCUT2D eigenvalue weighted by Gasteiger charge is -2.08. The minimum atomic E-state index is -0.696. The molecule has 92 valence electrons. The van der Waals surface area contributed by atoms with Crippen molar-refractivity contribution < 1.29 is 13.6 Å². The molecule has 2 aromatic rings. The van der Waals surface area contributed by atoms with Crippen LogP contribution in [0.3, 0.4) is 0 Å². The number of nitrogen functional groups attached to an aromatic ring is 1. The lowest BCUT2D eigenvalue weighted by molar-refractivity contribution is 0.102. The SMILES string of the molecule is Nc1c(F)cccc1C(=O)Nc1ccncc1F. The lowest BCUT2D eigenvalue weighted by atomic mass is 10.1. The number of carbonyl (C=O) groups is 1. The van der Waals surface area contributed by atoms with Gasteiger partial charge in [-0.2, -0.15) is 0 Å². The summed E-state index contributed by atoms with van der Waals surface area (Å²) < 4.78 is 26.4.